The highest BCUT2D eigenvalue weighted by Crippen LogP contribution is 2.33. The minimum absolute atomic E-state index is 0.146. The Labute approximate surface area is 128 Å². The summed E-state index contributed by atoms with van der Waals surface area (Å²) in [5.41, 5.74) is 3.02. The largest absolute Gasteiger partial charge is 0.351 e. The Kier molecular flexibility index (Phi) is 3.71. The van der Waals surface area contributed by atoms with Crippen LogP contribution in [0.2, 0.25) is 0 Å². The second kappa shape index (κ2) is 5.66. The highest BCUT2D eigenvalue weighted by molar-refractivity contribution is 7.80. The van der Waals surface area contributed by atoms with Crippen molar-refractivity contribution >= 4 is 22.9 Å². The smallest absolute Gasteiger partial charge is 0.173 e. The van der Waals surface area contributed by atoms with Gasteiger partial charge in [0, 0.05) is 18.8 Å². The number of thiocarbonyl (C=S) groups is 1. The average molecular weight is 298 g/mol. The zero-order valence-electron chi connectivity index (χ0n) is 11.6. The van der Waals surface area contributed by atoms with Crippen LogP contribution in [-0.4, -0.2) is 17.1 Å². The summed E-state index contributed by atoms with van der Waals surface area (Å²) in [6.07, 6.45) is 2.00. The molecule has 1 aliphatic heterocycles. The normalized spacial score (nSPS) is 18.2. The molecule has 0 fully saturated rings. The Morgan fingerprint density at radius 2 is 1.86 bits per heavy atom. The maximum absolute atomic E-state index is 13.5. The molecular weight excluding hydrogens is 283 g/mol. The second-order valence-corrected chi connectivity index (χ2v) is 5.39. The van der Waals surface area contributed by atoms with Gasteiger partial charge in [-0.15, -0.1) is 0 Å². The van der Waals surface area contributed by atoms with Gasteiger partial charge in [0.15, 0.2) is 5.11 Å². The summed E-state index contributed by atoms with van der Waals surface area (Å²) >= 11 is 5.32. The fraction of sp³-hybridized carbons (Fsp3) is 0.118. The SMILES string of the molecule is CN1C=C(c2ccccc2)C(c2cccc(F)c2)NC1=S. The molecule has 1 heterocycles. The highest BCUT2D eigenvalue weighted by Gasteiger charge is 2.25. The predicted molar refractivity (Wildman–Crippen MR) is 87.1 cm³/mol. The molecule has 4 heteroatoms. The van der Waals surface area contributed by atoms with Gasteiger partial charge in [-0.2, -0.15) is 0 Å². The molecule has 1 unspecified atom stereocenters. The molecule has 1 atom stereocenters. The maximum Gasteiger partial charge on any atom is 0.173 e. The maximum atomic E-state index is 13.5. The van der Waals surface area contributed by atoms with Crippen LogP contribution in [0, 0.1) is 5.82 Å². The van der Waals surface area contributed by atoms with Crippen LogP contribution in [0.4, 0.5) is 4.39 Å². The first kappa shape index (κ1) is 13.8. The first-order chi connectivity index (χ1) is 10.1. The van der Waals surface area contributed by atoms with Gasteiger partial charge in [-0.3, -0.25) is 0 Å². The average Bonchev–Trinajstić information content (AvgIpc) is 2.50. The molecule has 0 saturated carbocycles. The number of benzene rings is 2. The van der Waals surface area contributed by atoms with Gasteiger partial charge in [-0.25, -0.2) is 4.39 Å². The third-order valence-corrected chi connectivity index (χ3v) is 3.93. The summed E-state index contributed by atoms with van der Waals surface area (Å²) in [4.78, 5) is 1.87. The van der Waals surface area contributed by atoms with E-state index in [1.54, 1.807) is 12.1 Å². The van der Waals surface area contributed by atoms with Crippen molar-refractivity contribution in [2.75, 3.05) is 7.05 Å². The van der Waals surface area contributed by atoms with Crippen molar-refractivity contribution in [3.8, 4) is 0 Å². The van der Waals surface area contributed by atoms with Crippen LogP contribution >= 0.6 is 12.2 Å². The third-order valence-electron chi connectivity index (χ3n) is 3.52. The molecule has 2 aromatic carbocycles. The standard InChI is InChI=1S/C17H15FN2S/c1-20-11-15(12-6-3-2-4-7-12)16(19-17(20)21)13-8-5-9-14(18)10-13/h2-11,16H,1H3,(H,19,21). The predicted octanol–water partition coefficient (Wildman–Crippen LogP) is 3.73. The van der Waals surface area contributed by atoms with Gasteiger partial charge in [0.05, 0.1) is 6.04 Å². The summed E-state index contributed by atoms with van der Waals surface area (Å²) in [7, 11) is 1.90. The van der Waals surface area contributed by atoms with Crippen molar-refractivity contribution in [3.05, 3.63) is 77.7 Å². The van der Waals surface area contributed by atoms with E-state index < -0.39 is 0 Å². The Bertz CT molecular complexity index is 697. The topological polar surface area (TPSA) is 15.3 Å². The summed E-state index contributed by atoms with van der Waals surface area (Å²) in [6.45, 7) is 0. The zero-order chi connectivity index (χ0) is 14.8. The molecule has 0 radical (unpaired) electrons. The Morgan fingerprint density at radius 1 is 1.10 bits per heavy atom. The van der Waals surface area contributed by atoms with Crippen LogP contribution in [0.25, 0.3) is 5.57 Å². The van der Waals surface area contributed by atoms with Crippen molar-refractivity contribution in [3.63, 3.8) is 0 Å². The molecule has 2 aromatic rings. The third kappa shape index (κ3) is 2.81. The van der Waals surface area contributed by atoms with E-state index in [1.807, 2.05) is 54.5 Å². The van der Waals surface area contributed by atoms with E-state index in [9.17, 15) is 4.39 Å². The molecule has 0 saturated heterocycles. The molecule has 106 valence electrons. The van der Waals surface area contributed by atoms with Crippen LogP contribution < -0.4 is 5.32 Å². The second-order valence-electron chi connectivity index (χ2n) is 5.00. The Balaban J connectivity index is 2.08. The van der Waals surface area contributed by atoms with Gasteiger partial charge in [0.2, 0.25) is 0 Å². The summed E-state index contributed by atoms with van der Waals surface area (Å²) in [6, 6.07) is 16.5. The van der Waals surface area contributed by atoms with E-state index in [4.69, 9.17) is 12.2 Å². The van der Waals surface area contributed by atoms with Crippen LogP contribution in [0.1, 0.15) is 17.2 Å². The summed E-state index contributed by atoms with van der Waals surface area (Å²) < 4.78 is 13.5. The minimum atomic E-state index is -0.244. The monoisotopic (exact) mass is 298 g/mol. The number of halogens is 1. The fourth-order valence-corrected chi connectivity index (χ4v) is 2.64. The molecule has 2 nitrogen and oxygen atoms in total. The zero-order valence-corrected chi connectivity index (χ0v) is 12.4. The Morgan fingerprint density at radius 3 is 2.57 bits per heavy atom. The molecule has 21 heavy (non-hydrogen) atoms. The molecular formula is C17H15FN2S. The van der Waals surface area contributed by atoms with Crippen LogP contribution in [-0.2, 0) is 0 Å². The Hall–Kier alpha value is -2.20. The highest BCUT2D eigenvalue weighted by atomic mass is 32.1. The van der Waals surface area contributed by atoms with Crippen LogP contribution in [0.3, 0.4) is 0 Å². The molecule has 0 spiro atoms. The molecule has 0 bridgehead atoms. The van der Waals surface area contributed by atoms with Crippen molar-refractivity contribution in [1.82, 2.24) is 10.2 Å². The van der Waals surface area contributed by atoms with E-state index in [0.29, 0.717) is 5.11 Å². The van der Waals surface area contributed by atoms with Crippen LogP contribution in [0.15, 0.2) is 60.8 Å². The number of hydrogen-bond donors (Lipinski definition) is 1. The molecule has 1 N–H and O–H groups in total. The van der Waals surface area contributed by atoms with Gasteiger partial charge < -0.3 is 10.2 Å². The summed E-state index contributed by atoms with van der Waals surface area (Å²) in [5, 5.41) is 3.91. The van der Waals surface area contributed by atoms with Gasteiger partial charge in [-0.1, -0.05) is 42.5 Å². The van der Waals surface area contributed by atoms with Crippen molar-refractivity contribution in [1.29, 1.82) is 0 Å². The van der Waals surface area contributed by atoms with Gasteiger partial charge >= 0.3 is 0 Å². The van der Waals surface area contributed by atoms with E-state index in [-0.39, 0.29) is 11.9 Å². The number of nitrogens with one attached hydrogen (secondary N) is 1. The van der Waals surface area contributed by atoms with E-state index in [1.165, 1.54) is 6.07 Å². The van der Waals surface area contributed by atoms with E-state index in [0.717, 1.165) is 16.7 Å². The van der Waals surface area contributed by atoms with Gasteiger partial charge in [0.25, 0.3) is 0 Å². The molecule has 0 amide bonds. The number of rotatable bonds is 2. The quantitative estimate of drug-likeness (QED) is 0.851. The minimum Gasteiger partial charge on any atom is -0.351 e. The van der Waals surface area contributed by atoms with Crippen molar-refractivity contribution in [2.45, 2.75) is 6.04 Å². The molecule has 0 aliphatic carbocycles. The lowest BCUT2D eigenvalue weighted by molar-refractivity contribution is 0.598. The van der Waals surface area contributed by atoms with Crippen LogP contribution in [0.5, 0.6) is 0 Å². The van der Waals surface area contributed by atoms with Crippen molar-refractivity contribution in [2.24, 2.45) is 0 Å². The molecule has 1 aliphatic rings. The molecule has 3 rings (SSSR count). The first-order valence-electron chi connectivity index (χ1n) is 6.71. The number of nitrogens with zero attached hydrogens (tertiary/aromatic N) is 1. The van der Waals surface area contributed by atoms with Gasteiger partial charge in [0.1, 0.15) is 5.82 Å². The lowest BCUT2D eigenvalue weighted by Crippen LogP contribution is -2.41. The number of hydrogen-bond acceptors (Lipinski definition) is 1. The van der Waals surface area contributed by atoms with Crippen molar-refractivity contribution < 1.29 is 4.39 Å². The lowest BCUT2D eigenvalue weighted by Gasteiger charge is -2.33. The summed E-state index contributed by atoms with van der Waals surface area (Å²) in [5.74, 6) is -0.244. The fourth-order valence-electron chi connectivity index (χ4n) is 2.47. The van der Waals surface area contributed by atoms with E-state index in [2.05, 4.69) is 5.32 Å². The first-order valence-corrected chi connectivity index (χ1v) is 7.12. The van der Waals surface area contributed by atoms with E-state index >= 15 is 0 Å². The van der Waals surface area contributed by atoms with Gasteiger partial charge in [-0.05, 0) is 35.5 Å². The lowest BCUT2D eigenvalue weighted by atomic mass is 9.92. The molecule has 0 aromatic heterocycles.